The van der Waals surface area contributed by atoms with Crippen molar-refractivity contribution in [2.24, 2.45) is 0 Å². The predicted octanol–water partition coefficient (Wildman–Crippen LogP) is 1.62. The Morgan fingerprint density at radius 3 is 2.17 bits per heavy atom. The number of ether oxygens (including phenoxy) is 1. The average molecular weight is 313 g/mol. The van der Waals surface area contributed by atoms with Crippen molar-refractivity contribution in [2.75, 3.05) is 7.11 Å². The Balaban J connectivity index is 2.09. The molecule has 2 rings (SSSR count). The SMILES string of the molecule is COC(=O)C(NC(=O)Cc1ccccc1)C(O)c1ccccc1. The molecular weight excluding hydrogens is 294 g/mol. The molecule has 5 nitrogen and oxygen atoms in total. The van der Waals surface area contributed by atoms with E-state index >= 15 is 0 Å². The number of aliphatic hydroxyl groups excluding tert-OH is 1. The normalized spacial score (nSPS) is 13.0. The van der Waals surface area contributed by atoms with Crippen molar-refractivity contribution in [3.63, 3.8) is 0 Å². The highest BCUT2D eigenvalue weighted by Gasteiger charge is 2.30. The zero-order valence-electron chi connectivity index (χ0n) is 12.8. The van der Waals surface area contributed by atoms with Gasteiger partial charge in [0.05, 0.1) is 13.5 Å². The van der Waals surface area contributed by atoms with Crippen LogP contribution in [-0.4, -0.2) is 30.1 Å². The number of esters is 1. The summed E-state index contributed by atoms with van der Waals surface area (Å²) in [6, 6.07) is 16.7. The van der Waals surface area contributed by atoms with Crippen LogP contribution in [0.3, 0.4) is 0 Å². The standard InChI is InChI=1S/C18H19NO4/c1-23-18(22)16(17(21)14-10-6-3-7-11-14)19-15(20)12-13-8-4-2-5-9-13/h2-11,16-17,21H,12H2,1H3,(H,19,20). The lowest BCUT2D eigenvalue weighted by Crippen LogP contribution is -2.46. The van der Waals surface area contributed by atoms with Crippen LogP contribution in [-0.2, 0) is 20.7 Å². The number of carbonyl (C=O) groups excluding carboxylic acids is 2. The van der Waals surface area contributed by atoms with Crippen LogP contribution in [0.4, 0.5) is 0 Å². The lowest BCUT2D eigenvalue weighted by atomic mass is 10.0. The van der Waals surface area contributed by atoms with Crippen LogP contribution >= 0.6 is 0 Å². The molecule has 0 aromatic heterocycles. The molecular formula is C18H19NO4. The summed E-state index contributed by atoms with van der Waals surface area (Å²) in [5, 5.41) is 12.9. The molecule has 0 aliphatic rings. The largest absolute Gasteiger partial charge is 0.467 e. The lowest BCUT2D eigenvalue weighted by Gasteiger charge is -2.22. The van der Waals surface area contributed by atoms with E-state index in [1.807, 2.05) is 30.3 Å². The van der Waals surface area contributed by atoms with Crippen LogP contribution in [0.25, 0.3) is 0 Å². The van der Waals surface area contributed by atoms with E-state index in [0.29, 0.717) is 5.56 Å². The molecule has 5 heteroatoms. The van der Waals surface area contributed by atoms with Crippen molar-refractivity contribution in [3.8, 4) is 0 Å². The van der Waals surface area contributed by atoms with Crippen molar-refractivity contribution in [1.29, 1.82) is 0 Å². The van der Waals surface area contributed by atoms with E-state index in [1.165, 1.54) is 7.11 Å². The summed E-state index contributed by atoms with van der Waals surface area (Å²) in [5.74, 6) is -1.05. The van der Waals surface area contributed by atoms with Gasteiger partial charge in [-0.3, -0.25) is 4.79 Å². The fourth-order valence-corrected chi connectivity index (χ4v) is 2.24. The third-order valence-electron chi connectivity index (χ3n) is 3.44. The number of hydrogen-bond donors (Lipinski definition) is 2. The maximum Gasteiger partial charge on any atom is 0.331 e. The highest BCUT2D eigenvalue weighted by atomic mass is 16.5. The summed E-state index contributed by atoms with van der Waals surface area (Å²) in [6.07, 6.45) is -1.06. The number of nitrogens with one attached hydrogen (secondary N) is 1. The van der Waals surface area contributed by atoms with Gasteiger partial charge in [-0.1, -0.05) is 60.7 Å². The Morgan fingerprint density at radius 2 is 1.61 bits per heavy atom. The third-order valence-corrected chi connectivity index (χ3v) is 3.44. The molecule has 2 aromatic rings. The molecule has 2 atom stereocenters. The van der Waals surface area contributed by atoms with Crippen LogP contribution in [0.15, 0.2) is 60.7 Å². The Kier molecular flexibility index (Phi) is 5.88. The Hall–Kier alpha value is -2.66. The molecule has 2 N–H and O–H groups in total. The summed E-state index contributed by atoms with van der Waals surface area (Å²) in [7, 11) is 1.22. The maximum atomic E-state index is 12.1. The van der Waals surface area contributed by atoms with Gasteiger partial charge >= 0.3 is 5.97 Å². The van der Waals surface area contributed by atoms with Crippen molar-refractivity contribution in [2.45, 2.75) is 18.6 Å². The van der Waals surface area contributed by atoms with E-state index < -0.39 is 18.1 Å². The summed E-state index contributed by atoms with van der Waals surface area (Å²) >= 11 is 0. The molecule has 0 fully saturated rings. The van der Waals surface area contributed by atoms with E-state index in [9.17, 15) is 14.7 Å². The highest BCUT2D eigenvalue weighted by Crippen LogP contribution is 2.17. The van der Waals surface area contributed by atoms with Crippen LogP contribution in [0.2, 0.25) is 0 Å². The first-order valence-corrected chi connectivity index (χ1v) is 7.26. The quantitative estimate of drug-likeness (QED) is 0.795. The first-order chi connectivity index (χ1) is 11.1. The smallest absolute Gasteiger partial charge is 0.331 e. The molecule has 0 aliphatic heterocycles. The third kappa shape index (κ3) is 4.66. The van der Waals surface area contributed by atoms with E-state index in [-0.39, 0.29) is 12.3 Å². The minimum Gasteiger partial charge on any atom is -0.467 e. The minimum atomic E-state index is -1.18. The average Bonchev–Trinajstić information content (AvgIpc) is 2.60. The fourth-order valence-electron chi connectivity index (χ4n) is 2.24. The van der Waals surface area contributed by atoms with Gasteiger partial charge in [0.25, 0.3) is 0 Å². The van der Waals surface area contributed by atoms with E-state index in [1.54, 1.807) is 30.3 Å². The van der Waals surface area contributed by atoms with Gasteiger partial charge in [-0.15, -0.1) is 0 Å². The van der Waals surface area contributed by atoms with Crippen molar-refractivity contribution >= 4 is 11.9 Å². The van der Waals surface area contributed by atoms with Crippen LogP contribution in [0, 0.1) is 0 Å². The summed E-state index contributed by atoms with van der Waals surface area (Å²) in [6.45, 7) is 0. The summed E-state index contributed by atoms with van der Waals surface area (Å²) in [5.41, 5.74) is 1.35. The topological polar surface area (TPSA) is 75.6 Å². The van der Waals surface area contributed by atoms with E-state index in [0.717, 1.165) is 5.56 Å². The molecule has 2 aromatic carbocycles. The Labute approximate surface area is 134 Å². The molecule has 2 unspecified atom stereocenters. The first kappa shape index (κ1) is 16.7. The number of methoxy groups -OCH3 is 1. The van der Waals surface area contributed by atoms with Gasteiger partial charge in [0, 0.05) is 0 Å². The lowest BCUT2D eigenvalue weighted by molar-refractivity contribution is -0.148. The van der Waals surface area contributed by atoms with Gasteiger partial charge in [-0.2, -0.15) is 0 Å². The van der Waals surface area contributed by atoms with Gasteiger partial charge < -0.3 is 15.2 Å². The second-order valence-electron chi connectivity index (χ2n) is 5.09. The second-order valence-corrected chi connectivity index (χ2v) is 5.09. The van der Waals surface area contributed by atoms with Crippen molar-refractivity contribution in [3.05, 3.63) is 71.8 Å². The Bertz CT molecular complexity index is 643. The molecule has 0 heterocycles. The highest BCUT2D eigenvalue weighted by molar-refractivity contribution is 5.86. The van der Waals surface area contributed by atoms with Crippen LogP contribution in [0.5, 0.6) is 0 Å². The van der Waals surface area contributed by atoms with Crippen LogP contribution < -0.4 is 5.32 Å². The second kappa shape index (κ2) is 8.10. The number of benzene rings is 2. The predicted molar refractivity (Wildman–Crippen MR) is 85.5 cm³/mol. The van der Waals surface area contributed by atoms with E-state index in [4.69, 9.17) is 4.74 Å². The molecule has 0 saturated heterocycles. The molecule has 1 amide bonds. The van der Waals surface area contributed by atoms with Gasteiger partial charge in [0.15, 0.2) is 6.04 Å². The molecule has 0 spiro atoms. The number of rotatable bonds is 6. The minimum absolute atomic E-state index is 0.121. The van der Waals surface area contributed by atoms with Crippen molar-refractivity contribution in [1.82, 2.24) is 5.32 Å². The van der Waals surface area contributed by atoms with Crippen molar-refractivity contribution < 1.29 is 19.4 Å². The number of carbonyl (C=O) groups is 2. The monoisotopic (exact) mass is 313 g/mol. The first-order valence-electron chi connectivity index (χ1n) is 7.26. The zero-order valence-corrected chi connectivity index (χ0v) is 12.8. The summed E-state index contributed by atoms with van der Waals surface area (Å²) in [4.78, 5) is 24.1. The zero-order chi connectivity index (χ0) is 16.7. The summed E-state index contributed by atoms with van der Waals surface area (Å²) < 4.78 is 4.69. The maximum absolute atomic E-state index is 12.1. The van der Waals surface area contributed by atoms with Gasteiger partial charge in [0.1, 0.15) is 6.10 Å². The van der Waals surface area contributed by atoms with Gasteiger partial charge in [-0.05, 0) is 11.1 Å². The number of hydrogen-bond acceptors (Lipinski definition) is 4. The molecule has 120 valence electrons. The van der Waals surface area contributed by atoms with Crippen LogP contribution in [0.1, 0.15) is 17.2 Å². The molecule has 0 aliphatic carbocycles. The molecule has 0 radical (unpaired) electrons. The molecule has 23 heavy (non-hydrogen) atoms. The van der Waals surface area contributed by atoms with Gasteiger partial charge in [0.2, 0.25) is 5.91 Å². The number of aliphatic hydroxyl groups is 1. The fraction of sp³-hybridized carbons (Fsp3) is 0.222. The van der Waals surface area contributed by atoms with Gasteiger partial charge in [-0.25, -0.2) is 4.79 Å². The molecule has 0 bridgehead atoms. The number of amides is 1. The Morgan fingerprint density at radius 1 is 1.04 bits per heavy atom. The molecule has 0 saturated carbocycles. The van der Waals surface area contributed by atoms with E-state index in [2.05, 4.69) is 5.32 Å².